The van der Waals surface area contributed by atoms with Crippen LogP contribution < -0.4 is 10.6 Å². The van der Waals surface area contributed by atoms with Gasteiger partial charge in [-0.05, 0) is 38.7 Å². The fourth-order valence-electron chi connectivity index (χ4n) is 5.12. The van der Waals surface area contributed by atoms with Crippen molar-refractivity contribution in [2.45, 2.75) is 5.66 Å². The maximum Gasteiger partial charge on any atom is 0.153 e. The molecule has 1 unspecified atom stereocenters. The van der Waals surface area contributed by atoms with Gasteiger partial charge < -0.3 is 4.57 Å². The van der Waals surface area contributed by atoms with Gasteiger partial charge in [-0.25, -0.2) is 0 Å². The lowest BCUT2D eigenvalue weighted by atomic mass is 10.0. The molecule has 0 heterocycles. The van der Waals surface area contributed by atoms with Gasteiger partial charge in [0.25, 0.3) is 0 Å². The summed E-state index contributed by atoms with van der Waals surface area (Å²) < 4.78 is 15.4. The fraction of sp³-hybridized carbons (Fsp3) is 0.0286. The minimum absolute atomic E-state index is 0.326. The van der Waals surface area contributed by atoms with Crippen LogP contribution in [0.3, 0.4) is 0 Å². The Morgan fingerprint density at radius 2 is 0.973 bits per heavy atom. The third-order valence-corrected chi connectivity index (χ3v) is 10.4. The summed E-state index contributed by atoms with van der Waals surface area (Å²) in [6.07, 6.45) is 4.28. The summed E-state index contributed by atoms with van der Waals surface area (Å²) in [4.78, 5) is 0. The van der Waals surface area contributed by atoms with Gasteiger partial charge in [0, 0.05) is 10.6 Å². The third kappa shape index (κ3) is 4.55. The van der Waals surface area contributed by atoms with Crippen LogP contribution in [0.2, 0.25) is 0 Å². The Bertz CT molecular complexity index is 1710. The van der Waals surface area contributed by atoms with Gasteiger partial charge in [0.15, 0.2) is 7.14 Å². The first-order chi connectivity index (χ1) is 18.2. The summed E-state index contributed by atoms with van der Waals surface area (Å²) in [5.41, 5.74) is 1.82. The number of hydrogen-bond acceptors (Lipinski definition) is 1. The van der Waals surface area contributed by atoms with Crippen LogP contribution in [0.1, 0.15) is 16.8 Å². The van der Waals surface area contributed by atoms with Crippen molar-refractivity contribution in [2.24, 2.45) is 0 Å². The van der Waals surface area contributed by atoms with E-state index in [0.717, 1.165) is 27.1 Å². The highest BCUT2D eigenvalue weighted by Crippen LogP contribution is 2.58. The van der Waals surface area contributed by atoms with Gasteiger partial charge in [-0.3, -0.25) is 0 Å². The average molecular weight is 495 g/mol. The molecule has 178 valence electrons. The molecule has 0 amide bonds. The Morgan fingerprint density at radius 3 is 1.57 bits per heavy atom. The van der Waals surface area contributed by atoms with Gasteiger partial charge in [0.1, 0.15) is 0 Å². The zero-order valence-electron chi connectivity index (χ0n) is 20.4. The molecule has 1 atom stereocenters. The molecule has 0 radical (unpaired) electrons. The summed E-state index contributed by atoms with van der Waals surface area (Å²) >= 11 is 0. The zero-order valence-corrected chi connectivity index (χ0v) is 21.3. The molecule has 37 heavy (non-hydrogen) atoms. The molecule has 0 spiro atoms. The quantitative estimate of drug-likeness (QED) is 0.212. The van der Waals surface area contributed by atoms with Crippen LogP contribution in [-0.2, 0) is 4.57 Å². The molecular formula is C35H27OP. The first-order valence-corrected chi connectivity index (χ1v) is 14.4. The van der Waals surface area contributed by atoms with Crippen LogP contribution >= 0.6 is 7.14 Å². The molecule has 1 nitrogen and oxygen atoms in total. The maximum atomic E-state index is 15.4. The van der Waals surface area contributed by atoms with Gasteiger partial charge in [0.2, 0.25) is 0 Å². The van der Waals surface area contributed by atoms with Crippen molar-refractivity contribution in [2.75, 3.05) is 0 Å². The van der Waals surface area contributed by atoms with E-state index >= 15 is 4.57 Å². The standard InChI is InChI=1S/C35H27OP/c36-37(33-15-3-1-4-16-33,34-17-5-2-6-18-34)35(32-23-22-29-12-8-10-14-31(29)26-32)24-20-27-19-21-28-11-7-9-13-30(28)25-27/h1-26,35H. The van der Waals surface area contributed by atoms with Crippen molar-refractivity contribution < 1.29 is 4.57 Å². The zero-order chi connectivity index (χ0) is 25.1. The predicted octanol–water partition coefficient (Wildman–Crippen LogP) is 8.76. The molecule has 0 aliphatic rings. The number of hydrogen-bond donors (Lipinski definition) is 0. The molecule has 0 saturated heterocycles. The molecule has 0 N–H and O–H groups in total. The second kappa shape index (κ2) is 10.1. The minimum atomic E-state index is -3.11. The van der Waals surface area contributed by atoms with Crippen molar-refractivity contribution in [1.29, 1.82) is 0 Å². The molecular weight excluding hydrogens is 467 g/mol. The Hall–Kier alpha value is -4.19. The summed E-state index contributed by atoms with van der Waals surface area (Å²) in [6.45, 7) is 0. The number of benzene rings is 6. The first kappa shape index (κ1) is 23.2. The van der Waals surface area contributed by atoms with E-state index in [2.05, 4.69) is 97.1 Å². The Balaban J connectivity index is 1.56. The Morgan fingerprint density at radius 1 is 0.486 bits per heavy atom. The molecule has 2 heteroatoms. The Kier molecular flexibility index (Phi) is 6.31. The lowest BCUT2D eigenvalue weighted by Crippen LogP contribution is -2.20. The molecule has 6 aromatic carbocycles. The molecule has 0 aliphatic carbocycles. The van der Waals surface area contributed by atoms with Crippen molar-refractivity contribution >= 4 is 45.4 Å². The van der Waals surface area contributed by atoms with Crippen LogP contribution in [0.15, 0.2) is 152 Å². The van der Waals surface area contributed by atoms with Gasteiger partial charge in [-0.1, -0.05) is 152 Å². The van der Waals surface area contributed by atoms with E-state index in [4.69, 9.17) is 0 Å². The van der Waals surface area contributed by atoms with Crippen molar-refractivity contribution in [3.05, 3.63) is 163 Å². The highest BCUT2D eigenvalue weighted by molar-refractivity contribution is 7.79. The van der Waals surface area contributed by atoms with Crippen molar-refractivity contribution in [3.8, 4) is 0 Å². The van der Waals surface area contributed by atoms with Crippen LogP contribution in [0.4, 0.5) is 0 Å². The monoisotopic (exact) mass is 494 g/mol. The highest BCUT2D eigenvalue weighted by atomic mass is 31.2. The van der Waals surface area contributed by atoms with E-state index in [0.29, 0.717) is 0 Å². The fourth-order valence-corrected chi connectivity index (χ4v) is 8.20. The molecule has 0 saturated carbocycles. The van der Waals surface area contributed by atoms with Crippen LogP contribution in [0.25, 0.3) is 27.6 Å². The van der Waals surface area contributed by atoms with E-state index in [1.54, 1.807) is 0 Å². The normalized spacial score (nSPS) is 12.8. The number of fused-ring (bicyclic) bond motifs is 2. The maximum absolute atomic E-state index is 15.4. The molecule has 0 aromatic heterocycles. The number of rotatable bonds is 6. The van der Waals surface area contributed by atoms with Crippen LogP contribution in [0, 0.1) is 0 Å². The largest absolute Gasteiger partial charge is 0.313 e. The van der Waals surface area contributed by atoms with Gasteiger partial charge in [0.05, 0.1) is 5.66 Å². The predicted molar refractivity (Wildman–Crippen MR) is 159 cm³/mol. The van der Waals surface area contributed by atoms with Crippen LogP contribution in [-0.4, -0.2) is 0 Å². The van der Waals surface area contributed by atoms with Gasteiger partial charge in [-0.2, -0.15) is 0 Å². The van der Waals surface area contributed by atoms with E-state index in [9.17, 15) is 0 Å². The lowest BCUT2D eigenvalue weighted by Gasteiger charge is -2.27. The summed E-state index contributed by atoms with van der Waals surface area (Å²) in [5, 5.41) is 6.46. The smallest absolute Gasteiger partial charge is 0.153 e. The summed E-state index contributed by atoms with van der Waals surface area (Å²) in [6, 6.07) is 49.6. The summed E-state index contributed by atoms with van der Waals surface area (Å²) in [5.74, 6) is 0. The van der Waals surface area contributed by atoms with E-state index < -0.39 is 7.14 Å². The molecule has 6 aromatic rings. The molecule has 0 fully saturated rings. The lowest BCUT2D eigenvalue weighted by molar-refractivity contribution is 0.583. The second-order valence-electron chi connectivity index (χ2n) is 9.35. The van der Waals surface area contributed by atoms with E-state index in [-0.39, 0.29) is 5.66 Å². The molecule has 0 aliphatic heterocycles. The van der Waals surface area contributed by atoms with E-state index in [1.807, 2.05) is 60.7 Å². The Labute approximate surface area is 218 Å². The summed E-state index contributed by atoms with van der Waals surface area (Å²) in [7, 11) is -3.11. The van der Waals surface area contributed by atoms with Gasteiger partial charge in [-0.15, -0.1) is 0 Å². The first-order valence-electron chi connectivity index (χ1n) is 12.6. The minimum Gasteiger partial charge on any atom is -0.313 e. The van der Waals surface area contributed by atoms with Crippen molar-refractivity contribution in [3.63, 3.8) is 0 Å². The van der Waals surface area contributed by atoms with Gasteiger partial charge >= 0.3 is 0 Å². The SMILES string of the molecule is O=P(c1ccccc1)(c1ccccc1)C(C=Cc1ccc2ccccc2c1)c1ccc2ccccc2c1. The van der Waals surface area contributed by atoms with Crippen LogP contribution in [0.5, 0.6) is 0 Å². The third-order valence-electron chi connectivity index (χ3n) is 7.03. The van der Waals surface area contributed by atoms with Crippen molar-refractivity contribution in [1.82, 2.24) is 0 Å². The highest BCUT2D eigenvalue weighted by Gasteiger charge is 2.36. The topological polar surface area (TPSA) is 17.1 Å². The second-order valence-corrected chi connectivity index (χ2v) is 12.3. The molecule has 6 rings (SSSR count). The average Bonchev–Trinajstić information content (AvgIpc) is 2.98. The number of allylic oxidation sites excluding steroid dienone is 1. The van der Waals surface area contributed by atoms with E-state index in [1.165, 1.54) is 16.2 Å². The molecule has 0 bridgehead atoms.